The van der Waals surface area contributed by atoms with Crippen LogP contribution in [0.1, 0.15) is 85.4 Å². The third-order valence-electron chi connectivity index (χ3n) is 5.84. The first-order chi connectivity index (χ1) is 15.1. The average molecular weight is 448 g/mol. The van der Waals surface area contributed by atoms with E-state index < -0.39 is 11.7 Å². The van der Waals surface area contributed by atoms with Gasteiger partial charge in [-0.3, -0.25) is 0 Å². The standard InChI is InChI=1S/C25H41N3O4/c1-7-19(15-26-24(30)32-25(4,5)6)13-20(23(29)31-8-2)14-21-16-28(17-27-21)22-11-9-18(3)10-12-22/h13,16-19,22H,7-12,14-15H2,1-6H3,(H,26,30)/t18-,19?,22-. The molecule has 1 aliphatic carbocycles. The molecular weight excluding hydrogens is 406 g/mol. The summed E-state index contributed by atoms with van der Waals surface area (Å²) in [6.45, 7) is 12.3. The fourth-order valence-electron chi connectivity index (χ4n) is 3.96. The highest BCUT2D eigenvalue weighted by atomic mass is 16.6. The molecule has 180 valence electrons. The summed E-state index contributed by atoms with van der Waals surface area (Å²) >= 11 is 0. The SMILES string of the molecule is CCOC(=O)C(=CC(CC)CNC(=O)OC(C)(C)C)Cc1cn([C@H]2CC[C@H](C)CC2)cn1. The van der Waals surface area contributed by atoms with E-state index in [0.717, 1.165) is 18.0 Å². The number of amides is 1. The van der Waals surface area contributed by atoms with Gasteiger partial charge in [0.05, 0.1) is 18.6 Å². The molecule has 0 aliphatic heterocycles. The largest absolute Gasteiger partial charge is 0.463 e. The number of esters is 1. The van der Waals surface area contributed by atoms with Crippen LogP contribution < -0.4 is 5.32 Å². The summed E-state index contributed by atoms with van der Waals surface area (Å²) in [5, 5.41) is 2.80. The number of carbonyl (C=O) groups excluding carboxylic acids is 2. The highest BCUT2D eigenvalue weighted by Crippen LogP contribution is 2.31. The van der Waals surface area contributed by atoms with Gasteiger partial charge in [0.15, 0.2) is 0 Å². The van der Waals surface area contributed by atoms with E-state index in [1.807, 2.05) is 40.1 Å². The van der Waals surface area contributed by atoms with Gasteiger partial charge in [0.25, 0.3) is 0 Å². The maximum atomic E-state index is 12.6. The van der Waals surface area contributed by atoms with Crippen molar-refractivity contribution in [1.29, 1.82) is 0 Å². The first-order valence-electron chi connectivity index (χ1n) is 12.0. The maximum absolute atomic E-state index is 12.6. The van der Waals surface area contributed by atoms with Crippen LogP contribution in [0.25, 0.3) is 0 Å². The molecule has 2 rings (SSSR count). The third-order valence-corrected chi connectivity index (χ3v) is 5.84. The van der Waals surface area contributed by atoms with Crippen LogP contribution in [0.4, 0.5) is 4.79 Å². The van der Waals surface area contributed by atoms with Crippen molar-refractivity contribution in [3.63, 3.8) is 0 Å². The summed E-state index contributed by atoms with van der Waals surface area (Å²) in [6, 6.07) is 0.490. The second kappa shape index (κ2) is 12.1. The van der Waals surface area contributed by atoms with Gasteiger partial charge < -0.3 is 19.4 Å². The number of hydrogen-bond acceptors (Lipinski definition) is 5. The van der Waals surface area contributed by atoms with Gasteiger partial charge in [-0.15, -0.1) is 0 Å². The minimum Gasteiger partial charge on any atom is -0.463 e. The Kier molecular flexibility index (Phi) is 9.79. The number of ether oxygens (including phenoxy) is 2. The lowest BCUT2D eigenvalue weighted by Crippen LogP contribution is -2.35. The van der Waals surface area contributed by atoms with Gasteiger partial charge in [0.2, 0.25) is 0 Å². The molecule has 1 fully saturated rings. The molecule has 0 aromatic carbocycles. The molecule has 7 nitrogen and oxygen atoms in total. The third kappa shape index (κ3) is 8.67. The minimum absolute atomic E-state index is 0.0103. The van der Waals surface area contributed by atoms with Gasteiger partial charge in [-0.1, -0.05) is 19.9 Å². The maximum Gasteiger partial charge on any atom is 0.407 e. The van der Waals surface area contributed by atoms with E-state index in [4.69, 9.17) is 9.47 Å². The predicted molar refractivity (Wildman–Crippen MR) is 125 cm³/mol. The molecule has 1 unspecified atom stereocenters. The Bertz CT molecular complexity index is 770. The zero-order chi connectivity index (χ0) is 23.7. The van der Waals surface area contributed by atoms with Crippen LogP contribution in [-0.4, -0.2) is 40.4 Å². The van der Waals surface area contributed by atoms with Crippen LogP contribution in [0.5, 0.6) is 0 Å². The summed E-state index contributed by atoms with van der Waals surface area (Å²) < 4.78 is 12.8. The van der Waals surface area contributed by atoms with Gasteiger partial charge in [-0.25, -0.2) is 14.6 Å². The van der Waals surface area contributed by atoms with Crippen LogP contribution in [0.15, 0.2) is 24.2 Å². The fourth-order valence-corrected chi connectivity index (χ4v) is 3.96. The molecule has 1 aliphatic rings. The van der Waals surface area contributed by atoms with Crippen molar-refractivity contribution in [2.45, 2.75) is 91.7 Å². The van der Waals surface area contributed by atoms with Crippen LogP contribution in [-0.2, 0) is 20.7 Å². The molecule has 1 atom stereocenters. The zero-order valence-electron chi connectivity index (χ0n) is 20.6. The molecule has 1 saturated carbocycles. The molecular formula is C25H41N3O4. The number of alkyl carbamates (subject to hydrolysis) is 1. The molecule has 7 heteroatoms. The lowest BCUT2D eigenvalue weighted by molar-refractivity contribution is -0.138. The fraction of sp³-hybridized carbons (Fsp3) is 0.720. The first kappa shape index (κ1) is 25.9. The molecule has 0 saturated heterocycles. The Labute approximate surface area is 193 Å². The summed E-state index contributed by atoms with van der Waals surface area (Å²) in [5.41, 5.74) is 0.887. The highest BCUT2D eigenvalue weighted by molar-refractivity contribution is 5.88. The van der Waals surface area contributed by atoms with E-state index in [2.05, 4.69) is 28.0 Å². The van der Waals surface area contributed by atoms with Crippen molar-refractivity contribution in [2.24, 2.45) is 11.8 Å². The second-order valence-corrected chi connectivity index (χ2v) is 9.87. The second-order valence-electron chi connectivity index (χ2n) is 9.87. The van der Waals surface area contributed by atoms with Crippen molar-refractivity contribution >= 4 is 12.1 Å². The van der Waals surface area contributed by atoms with E-state index >= 15 is 0 Å². The number of aromatic nitrogens is 2. The van der Waals surface area contributed by atoms with Crippen LogP contribution in [0, 0.1) is 11.8 Å². The lowest BCUT2D eigenvalue weighted by atomic mass is 9.87. The van der Waals surface area contributed by atoms with Crippen molar-refractivity contribution in [3.8, 4) is 0 Å². The molecule has 0 spiro atoms. The van der Waals surface area contributed by atoms with E-state index in [9.17, 15) is 9.59 Å². The van der Waals surface area contributed by atoms with Crippen molar-refractivity contribution < 1.29 is 19.1 Å². The summed E-state index contributed by atoms with van der Waals surface area (Å²) in [6.07, 6.45) is 11.4. The normalized spacial score (nSPS) is 20.5. The number of hydrogen-bond donors (Lipinski definition) is 1. The molecule has 1 heterocycles. The molecule has 1 amide bonds. The first-order valence-corrected chi connectivity index (χ1v) is 12.0. The van der Waals surface area contributed by atoms with Gasteiger partial charge in [-0.2, -0.15) is 0 Å². The Morgan fingerprint density at radius 2 is 1.94 bits per heavy atom. The Morgan fingerprint density at radius 3 is 2.53 bits per heavy atom. The molecule has 1 aromatic heterocycles. The topological polar surface area (TPSA) is 82.5 Å². The smallest absolute Gasteiger partial charge is 0.407 e. The van der Waals surface area contributed by atoms with E-state index in [1.54, 1.807) is 6.92 Å². The number of nitrogens with one attached hydrogen (secondary N) is 1. The molecule has 0 radical (unpaired) electrons. The van der Waals surface area contributed by atoms with Crippen LogP contribution in [0.2, 0.25) is 0 Å². The average Bonchev–Trinajstić information content (AvgIpc) is 3.18. The molecule has 32 heavy (non-hydrogen) atoms. The number of rotatable bonds is 9. The van der Waals surface area contributed by atoms with Crippen LogP contribution >= 0.6 is 0 Å². The predicted octanol–water partition coefficient (Wildman–Crippen LogP) is 5.22. The summed E-state index contributed by atoms with van der Waals surface area (Å²) in [7, 11) is 0. The quantitative estimate of drug-likeness (QED) is 0.415. The van der Waals surface area contributed by atoms with E-state index in [1.165, 1.54) is 25.7 Å². The Hall–Kier alpha value is -2.31. The molecule has 1 aromatic rings. The van der Waals surface area contributed by atoms with Crippen molar-refractivity contribution in [2.75, 3.05) is 13.2 Å². The van der Waals surface area contributed by atoms with Crippen molar-refractivity contribution in [3.05, 3.63) is 29.9 Å². The summed E-state index contributed by atoms with van der Waals surface area (Å²) in [5.74, 6) is 0.459. The van der Waals surface area contributed by atoms with Gasteiger partial charge >= 0.3 is 12.1 Å². The monoisotopic (exact) mass is 447 g/mol. The van der Waals surface area contributed by atoms with Crippen molar-refractivity contribution in [1.82, 2.24) is 14.9 Å². The number of imidazole rings is 1. The van der Waals surface area contributed by atoms with Gasteiger partial charge in [0.1, 0.15) is 5.60 Å². The Morgan fingerprint density at radius 1 is 1.25 bits per heavy atom. The molecule has 0 bridgehead atoms. The number of nitrogens with zero attached hydrogens (tertiary/aromatic N) is 2. The number of carbonyl (C=O) groups is 2. The van der Waals surface area contributed by atoms with E-state index in [-0.39, 0.29) is 11.9 Å². The minimum atomic E-state index is -0.549. The van der Waals surface area contributed by atoms with Crippen LogP contribution in [0.3, 0.4) is 0 Å². The lowest BCUT2D eigenvalue weighted by Gasteiger charge is -2.26. The Balaban J connectivity index is 2.07. The zero-order valence-corrected chi connectivity index (χ0v) is 20.6. The summed E-state index contributed by atoms with van der Waals surface area (Å²) in [4.78, 5) is 29.2. The highest BCUT2D eigenvalue weighted by Gasteiger charge is 2.22. The van der Waals surface area contributed by atoms with E-state index in [0.29, 0.717) is 31.2 Å². The molecule has 1 N–H and O–H groups in total. The van der Waals surface area contributed by atoms with Gasteiger partial charge in [0, 0.05) is 30.8 Å². The van der Waals surface area contributed by atoms with Gasteiger partial charge in [-0.05, 0) is 71.6 Å².